The highest BCUT2D eigenvalue weighted by Crippen LogP contribution is 2.32. The quantitative estimate of drug-likeness (QED) is 0.507. The molecule has 0 saturated carbocycles. The summed E-state index contributed by atoms with van der Waals surface area (Å²) in [7, 11) is -3.94. The number of aryl methyl sites for hydroxylation is 1. The van der Waals surface area contributed by atoms with Gasteiger partial charge in [-0.1, -0.05) is 6.07 Å². The number of halogens is 3. The zero-order chi connectivity index (χ0) is 26.6. The maximum atomic E-state index is 13.4. The summed E-state index contributed by atoms with van der Waals surface area (Å²) in [5, 5.41) is 3.58. The predicted molar refractivity (Wildman–Crippen MR) is 129 cm³/mol. The van der Waals surface area contributed by atoms with Crippen molar-refractivity contribution in [2.24, 2.45) is 0 Å². The average molecular weight is 540 g/mol. The van der Waals surface area contributed by atoms with E-state index in [0.29, 0.717) is 36.6 Å². The summed E-state index contributed by atoms with van der Waals surface area (Å²) in [4.78, 5) is 9.71. The summed E-state index contributed by atoms with van der Waals surface area (Å²) in [5.41, 5.74) is 6.17. The molecule has 2 aliphatic rings. The Morgan fingerprint density at radius 2 is 1.97 bits per heavy atom. The van der Waals surface area contributed by atoms with Gasteiger partial charge in [0.15, 0.2) is 11.5 Å². The molecule has 3 N–H and O–H groups in total. The van der Waals surface area contributed by atoms with Gasteiger partial charge in [0.1, 0.15) is 0 Å². The number of anilines is 1. The van der Waals surface area contributed by atoms with Crippen molar-refractivity contribution in [1.29, 1.82) is 0 Å². The maximum Gasteiger partial charge on any atom is 0.453 e. The van der Waals surface area contributed by atoms with Crippen molar-refractivity contribution >= 4 is 21.5 Å². The molecule has 0 bridgehead atoms. The second kappa shape index (κ2) is 9.19. The van der Waals surface area contributed by atoms with E-state index in [2.05, 4.69) is 24.7 Å². The third kappa shape index (κ3) is 5.02. The van der Waals surface area contributed by atoms with Crippen LogP contribution >= 0.6 is 0 Å². The van der Waals surface area contributed by atoms with Crippen LogP contribution in [0.25, 0.3) is 16.9 Å². The summed E-state index contributed by atoms with van der Waals surface area (Å²) < 4.78 is 76.0. The van der Waals surface area contributed by atoms with E-state index in [-0.39, 0.29) is 16.2 Å². The zero-order valence-corrected chi connectivity index (χ0v) is 21.2. The minimum Gasteiger partial charge on any atom is -0.380 e. The Bertz CT molecular complexity index is 1430. The summed E-state index contributed by atoms with van der Waals surface area (Å²) in [6.45, 7) is 6.60. The number of alkyl halides is 3. The Hall–Kier alpha value is -2.81. The van der Waals surface area contributed by atoms with E-state index in [1.165, 1.54) is 18.3 Å². The molecule has 2 saturated heterocycles. The Labute approximate surface area is 212 Å². The molecule has 4 heterocycles. The first-order valence-electron chi connectivity index (χ1n) is 11.9. The van der Waals surface area contributed by atoms with Crippen molar-refractivity contribution < 1.29 is 26.3 Å². The molecule has 3 aromatic rings. The van der Waals surface area contributed by atoms with Gasteiger partial charge in [0.25, 0.3) is 5.82 Å². The Morgan fingerprint density at radius 1 is 1.24 bits per heavy atom. The molecular weight excluding hydrogens is 511 g/mol. The number of sulfonamides is 1. The number of nitrogens with one attached hydrogen (secondary N) is 1. The smallest absolute Gasteiger partial charge is 0.380 e. The molecule has 5 rings (SSSR count). The van der Waals surface area contributed by atoms with Crippen LogP contribution in [-0.4, -0.2) is 70.8 Å². The van der Waals surface area contributed by atoms with Crippen LogP contribution in [0.15, 0.2) is 29.3 Å². The molecule has 37 heavy (non-hydrogen) atoms. The summed E-state index contributed by atoms with van der Waals surface area (Å²) in [5.74, 6) is -1.84. The van der Waals surface area contributed by atoms with Crippen LogP contribution in [0.5, 0.6) is 0 Å². The largest absolute Gasteiger partial charge is 0.453 e. The van der Waals surface area contributed by atoms with Gasteiger partial charge in [0, 0.05) is 36.8 Å². The normalized spacial score (nSPS) is 21.1. The van der Waals surface area contributed by atoms with Crippen molar-refractivity contribution in [3.8, 4) is 11.3 Å². The molecule has 1 aromatic carbocycles. The van der Waals surface area contributed by atoms with Gasteiger partial charge in [-0.3, -0.25) is 4.90 Å². The number of hydrogen-bond donors (Lipinski definition) is 2. The summed E-state index contributed by atoms with van der Waals surface area (Å²) in [6, 6.07) is 4.87. The van der Waals surface area contributed by atoms with E-state index >= 15 is 0 Å². The lowest BCUT2D eigenvalue weighted by atomic mass is 9.90. The molecule has 200 valence electrons. The molecule has 0 spiro atoms. The average Bonchev–Trinajstić information content (AvgIpc) is 3.49. The molecule has 10 nitrogen and oxygen atoms in total. The van der Waals surface area contributed by atoms with Gasteiger partial charge < -0.3 is 10.5 Å². The lowest BCUT2D eigenvalue weighted by Crippen LogP contribution is -2.55. The van der Waals surface area contributed by atoms with E-state index in [1.807, 2.05) is 6.92 Å². The van der Waals surface area contributed by atoms with Crippen LogP contribution in [0.4, 0.5) is 19.0 Å². The van der Waals surface area contributed by atoms with Crippen molar-refractivity contribution in [2.75, 3.05) is 32.0 Å². The highest BCUT2D eigenvalue weighted by Gasteiger charge is 2.38. The predicted octanol–water partition coefficient (Wildman–Crippen LogP) is 2.62. The highest BCUT2D eigenvalue weighted by atomic mass is 32.2. The van der Waals surface area contributed by atoms with Crippen LogP contribution in [0.1, 0.15) is 37.6 Å². The number of likely N-dealkylation sites (tertiary alicyclic amines) is 1. The van der Waals surface area contributed by atoms with E-state index in [4.69, 9.17) is 10.5 Å². The van der Waals surface area contributed by atoms with E-state index in [0.717, 1.165) is 30.6 Å². The Morgan fingerprint density at radius 3 is 2.62 bits per heavy atom. The van der Waals surface area contributed by atoms with Gasteiger partial charge in [-0.05, 0) is 50.8 Å². The fraction of sp³-hybridized carbons (Fsp3) is 0.522. The fourth-order valence-electron chi connectivity index (χ4n) is 4.93. The molecule has 14 heteroatoms. The number of nitrogens with zero attached hydrogens (tertiary/aromatic N) is 5. The molecule has 0 aliphatic carbocycles. The molecule has 1 unspecified atom stereocenters. The van der Waals surface area contributed by atoms with Crippen LogP contribution in [0.2, 0.25) is 0 Å². The number of hydrogen-bond acceptors (Lipinski definition) is 8. The monoisotopic (exact) mass is 539 g/mol. The second-order valence-corrected chi connectivity index (χ2v) is 11.6. The molecule has 2 aromatic heterocycles. The summed E-state index contributed by atoms with van der Waals surface area (Å²) in [6.07, 6.45) is -1.24. The second-order valence-electron chi connectivity index (χ2n) is 9.89. The standard InChI is InChI=1S/C23H28F3N7O3S/c1-14-3-4-16(37(34,35)31-22(2)6-8-32(9-7-22)15-5-10-36-13-15)11-17(14)18-12-28-20-19(27)29-21(23(24,25)26)30-33(18)20/h3-4,11-12,15,31H,5-10,13H2,1-2H3,(H2,27,29,30). The van der Waals surface area contributed by atoms with Crippen LogP contribution in [0.3, 0.4) is 0 Å². The van der Waals surface area contributed by atoms with Crippen molar-refractivity contribution in [2.45, 2.75) is 55.8 Å². The topological polar surface area (TPSA) is 128 Å². The molecule has 0 amide bonds. The molecule has 1 atom stereocenters. The number of nitrogen functional groups attached to an aromatic ring is 1. The lowest BCUT2D eigenvalue weighted by Gasteiger charge is -2.41. The first kappa shape index (κ1) is 25.8. The highest BCUT2D eigenvalue weighted by molar-refractivity contribution is 7.89. The Balaban J connectivity index is 1.43. The first-order chi connectivity index (χ1) is 17.4. The third-order valence-corrected chi connectivity index (χ3v) is 8.78. The lowest BCUT2D eigenvalue weighted by molar-refractivity contribution is -0.145. The third-order valence-electron chi connectivity index (χ3n) is 7.14. The van der Waals surface area contributed by atoms with E-state index < -0.39 is 33.4 Å². The van der Waals surface area contributed by atoms with Crippen LogP contribution in [0, 0.1) is 6.92 Å². The molecular formula is C23H28F3N7O3S. The first-order valence-corrected chi connectivity index (χ1v) is 13.4. The van der Waals surface area contributed by atoms with Gasteiger partial charge in [0.05, 0.1) is 23.4 Å². The molecule has 2 aliphatic heterocycles. The number of aromatic nitrogens is 4. The van der Waals surface area contributed by atoms with Gasteiger partial charge in [-0.15, -0.1) is 5.10 Å². The number of imidazole rings is 1. The molecule has 2 fully saturated rings. The maximum absolute atomic E-state index is 13.4. The number of nitrogens with two attached hydrogens (primary N) is 1. The van der Waals surface area contributed by atoms with Crippen LogP contribution < -0.4 is 10.5 Å². The van der Waals surface area contributed by atoms with E-state index in [1.54, 1.807) is 13.0 Å². The number of piperidine rings is 1. The minimum atomic E-state index is -4.82. The van der Waals surface area contributed by atoms with Crippen LogP contribution in [-0.2, 0) is 20.9 Å². The number of ether oxygens (including phenoxy) is 1. The van der Waals surface area contributed by atoms with Crippen molar-refractivity contribution in [1.82, 2.24) is 29.2 Å². The van der Waals surface area contributed by atoms with Gasteiger partial charge in [-0.2, -0.15) is 13.2 Å². The SMILES string of the molecule is Cc1ccc(S(=O)(=O)NC2(C)CCN(C3CCOC3)CC2)cc1-c1cnc2c(N)nc(C(F)(F)F)nn12. The zero-order valence-electron chi connectivity index (χ0n) is 20.4. The molecule has 0 radical (unpaired) electrons. The van der Waals surface area contributed by atoms with Gasteiger partial charge in [-0.25, -0.2) is 27.6 Å². The fourth-order valence-corrected chi connectivity index (χ4v) is 6.42. The van der Waals surface area contributed by atoms with Gasteiger partial charge in [0.2, 0.25) is 10.0 Å². The number of benzene rings is 1. The number of fused-ring (bicyclic) bond motifs is 1. The summed E-state index contributed by atoms with van der Waals surface area (Å²) >= 11 is 0. The Kier molecular flexibility index (Phi) is 6.41. The number of rotatable bonds is 5. The minimum absolute atomic E-state index is 0.00558. The van der Waals surface area contributed by atoms with E-state index in [9.17, 15) is 21.6 Å². The van der Waals surface area contributed by atoms with Crippen molar-refractivity contribution in [3.05, 3.63) is 35.8 Å². The van der Waals surface area contributed by atoms with Crippen molar-refractivity contribution in [3.63, 3.8) is 0 Å². The van der Waals surface area contributed by atoms with Gasteiger partial charge >= 0.3 is 6.18 Å².